The number of carbonyl (C=O) groups excluding carboxylic acids is 1. The Bertz CT molecular complexity index is 1080. The van der Waals surface area contributed by atoms with Crippen LogP contribution in [0.4, 0.5) is 0 Å². The number of hydrogen-bond acceptors (Lipinski definition) is 13. The topological polar surface area (TPSA) is 233 Å². The number of unbranched alkanes of at least 4 members (excludes halogenated alkanes) is 25. The Labute approximate surface area is 360 Å². The van der Waals surface area contributed by atoms with Gasteiger partial charge < -0.3 is 59.8 Å². The molecule has 0 aromatic heterocycles. The zero-order valence-electron chi connectivity index (χ0n) is 37.1. The average molecular weight is 863 g/mol. The molecular weight excluding hydrogens is 776 g/mol. The van der Waals surface area contributed by atoms with E-state index in [0.717, 1.165) is 70.6 Å². The normalized spacial score (nSPS) is 27.3. The van der Waals surface area contributed by atoms with Gasteiger partial charge in [0.05, 0.1) is 19.1 Å². The molecule has 0 amide bonds. The lowest BCUT2D eigenvalue weighted by atomic mass is 9.94. The van der Waals surface area contributed by atoms with Gasteiger partial charge in [0.15, 0.2) is 6.29 Å². The molecule has 1 unspecified atom stereocenters. The Morgan fingerprint density at radius 1 is 0.550 bits per heavy atom. The van der Waals surface area contributed by atoms with Gasteiger partial charge in [-0.1, -0.05) is 174 Å². The van der Waals surface area contributed by atoms with Crippen molar-refractivity contribution in [3.05, 3.63) is 0 Å². The molecule has 60 heavy (non-hydrogen) atoms. The highest BCUT2D eigenvalue weighted by molar-refractivity contribution is 5.72. The van der Waals surface area contributed by atoms with Crippen molar-refractivity contribution in [3.63, 3.8) is 0 Å². The zero-order valence-corrected chi connectivity index (χ0v) is 37.1. The highest BCUT2D eigenvalue weighted by Crippen LogP contribution is 2.37. The number of aliphatic carboxylic acids is 1. The van der Waals surface area contributed by atoms with Crippen molar-refractivity contribution in [2.45, 2.75) is 254 Å². The molecule has 8 N–H and O–H groups in total. The molecule has 2 rings (SSSR count). The second-order valence-electron chi connectivity index (χ2n) is 17.6. The van der Waals surface area contributed by atoms with E-state index in [0.29, 0.717) is 12.8 Å². The third-order valence-corrected chi connectivity index (χ3v) is 12.4. The number of carboxylic acid groups (broad SMARTS) is 1. The van der Waals surface area contributed by atoms with Crippen LogP contribution in [-0.2, 0) is 28.5 Å². The lowest BCUT2D eigenvalue weighted by Crippen LogP contribution is -2.63. The smallest absolute Gasteiger partial charge is 0.309 e. The van der Waals surface area contributed by atoms with Crippen molar-refractivity contribution in [2.75, 3.05) is 19.8 Å². The van der Waals surface area contributed by atoms with Crippen molar-refractivity contribution in [3.8, 4) is 0 Å². The second-order valence-corrected chi connectivity index (χ2v) is 17.6. The summed E-state index contributed by atoms with van der Waals surface area (Å²) in [6, 6.07) is 0. The van der Waals surface area contributed by atoms with Crippen LogP contribution in [0.3, 0.4) is 0 Å². The largest absolute Gasteiger partial charge is 0.481 e. The molecule has 354 valence electrons. The van der Waals surface area contributed by atoms with Crippen LogP contribution in [-0.4, -0.2) is 127 Å². The molecule has 14 nitrogen and oxygen atoms in total. The summed E-state index contributed by atoms with van der Waals surface area (Å²) in [5.74, 6) is -3.95. The van der Waals surface area contributed by atoms with Gasteiger partial charge in [-0.15, -0.1) is 0 Å². The molecule has 0 saturated carbocycles. The van der Waals surface area contributed by atoms with Gasteiger partial charge in [-0.25, -0.2) is 0 Å². The van der Waals surface area contributed by atoms with E-state index in [1.165, 1.54) is 103 Å². The Hall–Kier alpha value is -1.46. The number of aliphatic hydroxyl groups excluding tert-OH is 7. The number of aliphatic hydroxyl groups is 7. The van der Waals surface area contributed by atoms with Crippen LogP contribution in [0.15, 0.2) is 0 Å². The van der Waals surface area contributed by atoms with E-state index < -0.39 is 92.5 Å². The molecule has 2 aliphatic rings. The number of rotatable bonds is 38. The monoisotopic (exact) mass is 863 g/mol. The van der Waals surface area contributed by atoms with Gasteiger partial charge in [0, 0.05) is 6.42 Å². The lowest BCUT2D eigenvalue weighted by Gasteiger charge is -2.43. The van der Waals surface area contributed by atoms with E-state index in [1.807, 2.05) is 0 Å². The van der Waals surface area contributed by atoms with Crippen LogP contribution in [0.1, 0.15) is 200 Å². The maximum atomic E-state index is 13.8. The third-order valence-electron chi connectivity index (χ3n) is 12.4. The van der Waals surface area contributed by atoms with Gasteiger partial charge in [0.2, 0.25) is 5.79 Å². The summed E-state index contributed by atoms with van der Waals surface area (Å²) in [6.45, 7) is 0.105. The summed E-state index contributed by atoms with van der Waals surface area (Å²) < 4.78 is 22.8. The van der Waals surface area contributed by atoms with E-state index >= 15 is 0 Å². The molecule has 2 saturated heterocycles. The van der Waals surface area contributed by atoms with Crippen LogP contribution in [0.2, 0.25) is 0 Å². The van der Waals surface area contributed by atoms with Crippen molar-refractivity contribution in [1.29, 1.82) is 0 Å². The van der Waals surface area contributed by atoms with Gasteiger partial charge in [-0.3, -0.25) is 9.59 Å². The van der Waals surface area contributed by atoms with Crippen LogP contribution in [0.25, 0.3) is 0 Å². The predicted octanol–water partition coefficient (Wildman–Crippen LogP) is 6.58. The number of carboxylic acids is 1. The van der Waals surface area contributed by atoms with Crippen molar-refractivity contribution in [1.82, 2.24) is 0 Å². The summed E-state index contributed by atoms with van der Waals surface area (Å²) >= 11 is 0. The molecule has 14 heteroatoms. The number of hydrogen-bond donors (Lipinski definition) is 8. The standard InChI is InChI=1S/C46H86O14/c1-2-3-4-5-6-7-8-9-11-14-17-20-23-26-29-35(30-27-24-21-18-15-12-10-13-16-19-22-25-28-31-38(49)50)44(56)57-34-46(43(55)40(52)37(33-48)59-46)60-45-42(54)41(53)39(51)36(32-47)58-45/h35-37,39-43,45,47-48,51-55H,2-34H2,1H3,(H,49,50)/t35?,36-,37-,39-,40-,41+,42-,43+,45-,46+/m1/s1. The quantitative estimate of drug-likeness (QED) is 0.0242. The molecule has 2 heterocycles. The minimum absolute atomic E-state index is 0.260. The van der Waals surface area contributed by atoms with E-state index in [2.05, 4.69) is 6.92 Å². The zero-order chi connectivity index (χ0) is 44.0. The summed E-state index contributed by atoms with van der Waals surface area (Å²) in [7, 11) is 0. The maximum Gasteiger partial charge on any atom is 0.309 e. The molecule has 0 aliphatic carbocycles. The summed E-state index contributed by atoms with van der Waals surface area (Å²) in [6.07, 6.45) is 19.5. The third kappa shape index (κ3) is 21.3. The van der Waals surface area contributed by atoms with Gasteiger partial charge in [0.1, 0.15) is 49.3 Å². The molecule has 10 atom stereocenters. The SMILES string of the molecule is CCCCCCCCCCCCCCCCC(CCCCCCCCCCCCCCCC(=O)O)C(=O)OC[C@@]1(O[C@H]2O[C@H](CO)[C@@H](O)[C@H](O)[C@H]2O)O[C@H](CO)[C@@H](O)[C@@H]1O. The summed E-state index contributed by atoms with van der Waals surface area (Å²) in [4.78, 5) is 24.4. The first kappa shape index (κ1) is 54.7. The fourth-order valence-electron chi connectivity index (χ4n) is 8.48. The highest BCUT2D eigenvalue weighted by Gasteiger charge is 2.59. The molecule has 0 spiro atoms. The van der Waals surface area contributed by atoms with Gasteiger partial charge in [-0.05, 0) is 19.3 Å². The first-order valence-electron chi connectivity index (χ1n) is 24.0. The van der Waals surface area contributed by atoms with Crippen LogP contribution >= 0.6 is 0 Å². The summed E-state index contributed by atoms with van der Waals surface area (Å²) in [5.41, 5.74) is 0. The van der Waals surface area contributed by atoms with Gasteiger partial charge in [0.25, 0.3) is 0 Å². The molecule has 0 bridgehead atoms. The van der Waals surface area contributed by atoms with E-state index in [4.69, 9.17) is 24.1 Å². The minimum Gasteiger partial charge on any atom is -0.481 e. The fraction of sp³-hybridized carbons (Fsp3) is 0.957. The van der Waals surface area contributed by atoms with Gasteiger partial charge in [-0.2, -0.15) is 0 Å². The molecule has 0 radical (unpaired) electrons. The Kier molecular flexibility index (Phi) is 30.2. The number of carbonyl (C=O) groups is 2. The van der Waals surface area contributed by atoms with Crippen molar-refractivity contribution in [2.24, 2.45) is 5.92 Å². The van der Waals surface area contributed by atoms with Crippen LogP contribution < -0.4 is 0 Å². The van der Waals surface area contributed by atoms with Gasteiger partial charge >= 0.3 is 11.9 Å². The highest BCUT2D eigenvalue weighted by atomic mass is 16.8. The molecule has 0 aromatic carbocycles. The van der Waals surface area contributed by atoms with E-state index in [9.17, 15) is 45.3 Å². The first-order chi connectivity index (χ1) is 29.0. The summed E-state index contributed by atoms with van der Waals surface area (Å²) in [5, 5.41) is 81.2. The van der Waals surface area contributed by atoms with Crippen molar-refractivity contribution < 1.29 is 69.4 Å². The number of ether oxygens (including phenoxy) is 4. The maximum absolute atomic E-state index is 13.8. The molecule has 0 aromatic rings. The molecule has 2 fully saturated rings. The first-order valence-corrected chi connectivity index (χ1v) is 24.0. The predicted molar refractivity (Wildman–Crippen MR) is 228 cm³/mol. The van der Waals surface area contributed by atoms with E-state index in [-0.39, 0.29) is 6.42 Å². The van der Waals surface area contributed by atoms with Crippen LogP contribution in [0, 0.1) is 5.92 Å². The minimum atomic E-state index is -2.29. The Balaban J connectivity index is 1.87. The fourth-order valence-corrected chi connectivity index (χ4v) is 8.48. The number of esters is 1. The van der Waals surface area contributed by atoms with Crippen molar-refractivity contribution >= 4 is 11.9 Å². The average Bonchev–Trinajstić information content (AvgIpc) is 3.48. The van der Waals surface area contributed by atoms with E-state index in [1.54, 1.807) is 0 Å². The second kappa shape index (κ2) is 33.1. The Morgan fingerprint density at radius 3 is 1.37 bits per heavy atom. The molecular formula is C46H86O14. The Morgan fingerprint density at radius 2 is 0.967 bits per heavy atom. The molecule has 2 aliphatic heterocycles. The lowest BCUT2D eigenvalue weighted by molar-refractivity contribution is -0.384. The van der Waals surface area contributed by atoms with Crippen LogP contribution in [0.5, 0.6) is 0 Å².